The van der Waals surface area contributed by atoms with Crippen LogP contribution in [-0.4, -0.2) is 11.3 Å². The van der Waals surface area contributed by atoms with Crippen LogP contribution < -0.4 is 5.32 Å². The predicted octanol–water partition coefficient (Wildman–Crippen LogP) is 2.10. The normalized spacial score (nSPS) is 20.0. The highest BCUT2D eigenvalue weighted by molar-refractivity contribution is 6.30. The lowest BCUT2D eigenvalue weighted by molar-refractivity contribution is 0.252. The van der Waals surface area contributed by atoms with E-state index >= 15 is 0 Å². The molecule has 2 rings (SSSR count). The number of aliphatic hydroxyl groups is 1. The second-order valence-electron chi connectivity index (χ2n) is 2.68. The van der Waals surface area contributed by atoms with Crippen molar-refractivity contribution in [2.75, 3.05) is 5.32 Å². The highest BCUT2D eigenvalue weighted by atomic mass is 35.5. The van der Waals surface area contributed by atoms with Crippen LogP contribution in [0.3, 0.4) is 0 Å². The van der Waals surface area contributed by atoms with E-state index < -0.39 is 6.23 Å². The van der Waals surface area contributed by atoms with E-state index in [1.165, 1.54) is 0 Å². The van der Waals surface area contributed by atoms with E-state index in [4.69, 9.17) is 11.6 Å². The first-order valence-electron chi connectivity index (χ1n) is 3.68. The molecule has 0 saturated heterocycles. The molecule has 1 aliphatic heterocycles. The number of hydrogen-bond acceptors (Lipinski definition) is 2. The van der Waals surface area contributed by atoms with Crippen LogP contribution in [0.15, 0.2) is 24.3 Å². The molecule has 0 amide bonds. The first kappa shape index (κ1) is 7.65. The average molecular weight is 182 g/mol. The fraction of sp³-hybridized carbons (Fsp3) is 0.111. The van der Waals surface area contributed by atoms with Gasteiger partial charge < -0.3 is 10.4 Å². The van der Waals surface area contributed by atoms with Gasteiger partial charge >= 0.3 is 0 Å². The van der Waals surface area contributed by atoms with Crippen molar-refractivity contribution in [1.82, 2.24) is 0 Å². The zero-order valence-electron chi connectivity index (χ0n) is 6.29. The monoisotopic (exact) mass is 181 g/mol. The summed E-state index contributed by atoms with van der Waals surface area (Å²) in [6, 6.07) is 5.50. The maximum Gasteiger partial charge on any atom is 0.144 e. The topological polar surface area (TPSA) is 32.3 Å². The predicted molar refractivity (Wildman–Crippen MR) is 50.1 cm³/mol. The molecule has 1 heterocycles. The number of benzene rings is 1. The Hall–Kier alpha value is -0.990. The van der Waals surface area contributed by atoms with Gasteiger partial charge in [-0.2, -0.15) is 0 Å². The van der Waals surface area contributed by atoms with E-state index in [1.54, 1.807) is 12.1 Å². The number of hydrogen-bond donors (Lipinski definition) is 2. The molecule has 0 spiro atoms. The van der Waals surface area contributed by atoms with Gasteiger partial charge in [0.25, 0.3) is 0 Å². The molecule has 0 bridgehead atoms. The van der Waals surface area contributed by atoms with E-state index in [1.807, 2.05) is 18.2 Å². The summed E-state index contributed by atoms with van der Waals surface area (Å²) in [4.78, 5) is 0. The molecular weight excluding hydrogens is 174 g/mol. The quantitative estimate of drug-likeness (QED) is 0.643. The zero-order chi connectivity index (χ0) is 8.55. The molecule has 12 heavy (non-hydrogen) atoms. The van der Waals surface area contributed by atoms with Crippen molar-refractivity contribution >= 4 is 23.4 Å². The van der Waals surface area contributed by atoms with Gasteiger partial charge in [0, 0.05) is 10.7 Å². The summed E-state index contributed by atoms with van der Waals surface area (Å²) in [6.07, 6.45) is 2.94. The SMILES string of the molecule is OC1C=Cc2cc(Cl)ccc2N1. The number of aliphatic hydroxyl groups excluding tert-OH is 1. The Morgan fingerprint density at radius 1 is 1.42 bits per heavy atom. The molecule has 0 aliphatic carbocycles. The van der Waals surface area contributed by atoms with Crippen LogP contribution in [0.2, 0.25) is 5.02 Å². The zero-order valence-corrected chi connectivity index (χ0v) is 7.05. The van der Waals surface area contributed by atoms with Gasteiger partial charge in [0.2, 0.25) is 0 Å². The maximum atomic E-state index is 9.19. The number of nitrogens with one attached hydrogen (secondary N) is 1. The standard InChI is InChI=1S/C9H8ClNO/c10-7-2-3-8-6(5-7)1-4-9(12)11-8/h1-5,9,11-12H. The van der Waals surface area contributed by atoms with Crippen molar-refractivity contribution < 1.29 is 5.11 Å². The molecule has 2 nitrogen and oxygen atoms in total. The number of fused-ring (bicyclic) bond motifs is 1. The Morgan fingerprint density at radius 2 is 2.25 bits per heavy atom. The summed E-state index contributed by atoms with van der Waals surface area (Å²) in [6.45, 7) is 0. The highest BCUT2D eigenvalue weighted by Gasteiger charge is 2.08. The van der Waals surface area contributed by atoms with Gasteiger partial charge in [-0.25, -0.2) is 0 Å². The van der Waals surface area contributed by atoms with Gasteiger partial charge in [-0.1, -0.05) is 17.7 Å². The summed E-state index contributed by atoms with van der Waals surface area (Å²) in [7, 11) is 0. The Kier molecular flexibility index (Phi) is 1.79. The third kappa shape index (κ3) is 1.31. The molecule has 0 fully saturated rings. The largest absolute Gasteiger partial charge is 0.370 e. The van der Waals surface area contributed by atoms with Crippen LogP contribution >= 0.6 is 11.6 Å². The van der Waals surface area contributed by atoms with Crippen molar-refractivity contribution in [3.8, 4) is 0 Å². The minimum absolute atomic E-state index is 0.585. The second kappa shape index (κ2) is 2.81. The molecule has 3 heteroatoms. The van der Waals surface area contributed by atoms with Crippen molar-refractivity contribution in [3.63, 3.8) is 0 Å². The van der Waals surface area contributed by atoms with E-state index in [-0.39, 0.29) is 0 Å². The third-order valence-electron chi connectivity index (χ3n) is 1.78. The van der Waals surface area contributed by atoms with Crippen LogP contribution in [0, 0.1) is 0 Å². The van der Waals surface area contributed by atoms with E-state index in [2.05, 4.69) is 5.32 Å². The van der Waals surface area contributed by atoms with Crippen LogP contribution in [0.25, 0.3) is 6.08 Å². The Bertz CT molecular complexity index is 335. The molecule has 0 aromatic heterocycles. The van der Waals surface area contributed by atoms with Crippen molar-refractivity contribution in [1.29, 1.82) is 0 Å². The molecular formula is C9H8ClNO. The summed E-state index contributed by atoms with van der Waals surface area (Å²) in [5, 5.41) is 12.8. The molecule has 1 aromatic carbocycles. The van der Waals surface area contributed by atoms with Crippen molar-refractivity contribution in [2.24, 2.45) is 0 Å². The van der Waals surface area contributed by atoms with Crippen LogP contribution in [-0.2, 0) is 0 Å². The summed E-state index contributed by atoms with van der Waals surface area (Å²) >= 11 is 5.79. The van der Waals surface area contributed by atoms with E-state index in [0.717, 1.165) is 11.3 Å². The van der Waals surface area contributed by atoms with E-state index in [0.29, 0.717) is 5.02 Å². The van der Waals surface area contributed by atoms with Crippen LogP contribution in [0.5, 0.6) is 0 Å². The Balaban J connectivity index is 2.47. The second-order valence-corrected chi connectivity index (χ2v) is 3.12. The van der Waals surface area contributed by atoms with Gasteiger partial charge in [0.1, 0.15) is 6.23 Å². The smallest absolute Gasteiger partial charge is 0.144 e. The van der Waals surface area contributed by atoms with Gasteiger partial charge in [0.05, 0.1) is 0 Å². The van der Waals surface area contributed by atoms with Gasteiger partial charge in [0.15, 0.2) is 0 Å². The molecule has 1 aliphatic rings. The highest BCUT2D eigenvalue weighted by Crippen LogP contribution is 2.25. The lowest BCUT2D eigenvalue weighted by atomic mass is 10.1. The van der Waals surface area contributed by atoms with Crippen LogP contribution in [0.4, 0.5) is 5.69 Å². The number of anilines is 1. The minimum atomic E-state index is -0.585. The molecule has 0 saturated carbocycles. The molecule has 1 atom stereocenters. The molecule has 62 valence electrons. The van der Waals surface area contributed by atoms with Crippen molar-refractivity contribution in [3.05, 3.63) is 34.9 Å². The van der Waals surface area contributed by atoms with E-state index in [9.17, 15) is 5.11 Å². The van der Waals surface area contributed by atoms with Gasteiger partial charge in [-0.15, -0.1) is 0 Å². The lowest BCUT2D eigenvalue weighted by Crippen LogP contribution is -2.18. The Morgan fingerprint density at radius 3 is 3.08 bits per heavy atom. The third-order valence-corrected chi connectivity index (χ3v) is 2.01. The van der Waals surface area contributed by atoms with Gasteiger partial charge in [-0.05, 0) is 29.8 Å². The lowest BCUT2D eigenvalue weighted by Gasteiger charge is -2.17. The fourth-order valence-corrected chi connectivity index (χ4v) is 1.39. The minimum Gasteiger partial charge on any atom is -0.370 e. The maximum absolute atomic E-state index is 9.19. The molecule has 1 aromatic rings. The first-order chi connectivity index (χ1) is 5.75. The average Bonchev–Trinajstić information content (AvgIpc) is 2.05. The summed E-state index contributed by atoms with van der Waals surface area (Å²) in [5.41, 5.74) is 1.92. The fourth-order valence-electron chi connectivity index (χ4n) is 1.21. The van der Waals surface area contributed by atoms with Crippen molar-refractivity contribution in [2.45, 2.75) is 6.23 Å². The molecule has 1 unspecified atom stereocenters. The summed E-state index contributed by atoms with van der Waals surface area (Å²) < 4.78 is 0. The molecule has 2 N–H and O–H groups in total. The first-order valence-corrected chi connectivity index (χ1v) is 4.06. The Labute approximate surface area is 75.5 Å². The van der Waals surface area contributed by atoms with Gasteiger partial charge in [-0.3, -0.25) is 0 Å². The molecule has 0 radical (unpaired) electrons. The van der Waals surface area contributed by atoms with Crippen LogP contribution in [0.1, 0.15) is 5.56 Å². The number of rotatable bonds is 0. The summed E-state index contributed by atoms with van der Waals surface area (Å²) in [5.74, 6) is 0. The number of halogens is 1.